The Balaban J connectivity index is 2.33. The monoisotopic (exact) mass is 899 g/mol. The van der Waals surface area contributed by atoms with Crippen LogP contribution in [-0.4, -0.2) is 98.9 Å². The molecule has 0 aromatic carbocycles. The van der Waals surface area contributed by atoms with Crippen LogP contribution in [-0.2, 0) is 27.9 Å². The van der Waals surface area contributed by atoms with E-state index in [4.69, 9.17) is 18.5 Å². The van der Waals surface area contributed by atoms with Gasteiger partial charge in [0.2, 0.25) is 0 Å². The number of aliphatic hydroxyl groups is 5. The molecule has 1 saturated carbocycles. The molecule has 0 bridgehead atoms. The van der Waals surface area contributed by atoms with Gasteiger partial charge in [0.05, 0.1) is 13.2 Å². The van der Waals surface area contributed by atoms with Gasteiger partial charge in [-0.05, 0) is 70.6 Å². The third-order valence-electron chi connectivity index (χ3n) is 10.9. The van der Waals surface area contributed by atoms with Gasteiger partial charge in [0, 0.05) is 13.0 Å². The van der Waals surface area contributed by atoms with Crippen LogP contribution in [0.4, 0.5) is 0 Å². The summed E-state index contributed by atoms with van der Waals surface area (Å²) in [5, 5.41) is 50.2. The van der Waals surface area contributed by atoms with Crippen LogP contribution in [0.1, 0.15) is 181 Å². The third-order valence-corrected chi connectivity index (χ3v) is 11.9. The van der Waals surface area contributed by atoms with E-state index < -0.39 is 63.1 Å². The van der Waals surface area contributed by atoms with Crippen LogP contribution in [0.25, 0.3) is 0 Å². The molecule has 0 aliphatic heterocycles. The fourth-order valence-corrected chi connectivity index (χ4v) is 8.01. The zero-order chi connectivity index (χ0) is 45.5. The lowest BCUT2D eigenvalue weighted by molar-refractivity contribution is -0.220. The second-order valence-electron chi connectivity index (χ2n) is 16.6. The van der Waals surface area contributed by atoms with E-state index in [-0.39, 0.29) is 13.0 Å². The fraction of sp³-hybridized carbons (Fsp3) is 0.776. The maximum Gasteiger partial charge on any atom is 0.472 e. The van der Waals surface area contributed by atoms with Crippen LogP contribution < -0.4 is 0 Å². The van der Waals surface area contributed by atoms with Gasteiger partial charge in [-0.3, -0.25) is 13.8 Å². The van der Waals surface area contributed by atoms with Crippen molar-refractivity contribution >= 4 is 13.8 Å². The highest BCUT2D eigenvalue weighted by Gasteiger charge is 2.51. The Kier molecular flexibility index (Phi) is 36.9. The van der Waals surface area contributed by atoms with Gasteiger partial charge in [-0.1, -0.05) is 164 Å². The van der Waals surface area contributed by atoms with Gasteiger partial charge in [-0.2, -0.15) is 0 Å². The molecule has 0 radical (unpaired) electrons. The minimum absolute atomic E-state index is 0.0845. The van der Waals surface area contributed by atoms with Crippen molar-refractivity contribution in [2.75, 3.05) is 19.8 Å². The number of phosphoric ester groups is 1. The molecule has 1 rings (SSSR count). The normalized spacial score (nSPS) is 22.5. The average molecular weight is 899 g/mol. The number of ether oxygens (including phenoxy) is 2. The van der Waals surface area contributed by atoms with Crippen molar-refractivity contribution in [3.05, 3.63) is 60.8 Å². The lowest BCUT2D eigenvalue weighted by Gasteiger charge is -2.41. The molecule has 0 heterocycles. The molecule has 0 aromatic heterocycles. The first-order chi connectivity index (χ1) is 30.0. The summed E-state index contributed by atoms with van der Waals surface area (Å²) < 4.78 is 34.2. The Morgan fingerprint density at radius 3 is 1.47 bits per heavy atom. The standard InChI is InChI=1S/C49H87O12P/c1-3-5-7-9-11-13-15-17-18-19-20-21-22-23-24-25-26-27-28-30-32-34-36-38-43(50)60-42(40-58-39-37-35-33-31-29-16-14-12-10-8-6-4-2)41-59-62(56,57)61-49-47(54)45(52)44(51)46(53)48(49)55/h5,7,10-13,17-18,20-21,42,44-49,51-55H,3-4,6,8-9,14-16,19,22-41H2,1-2H3,(H,56,57)/b7-5-,12-10-,13-11-,18-17-,21-20-. The van der Waals surface area contributed by atoms with Crippen molar-refractivity contribution in [3.63, 3.8) is 0 Å². The first-order valence-corrected chi connectivity index (χ1v) is 25.6. The SMILES string of the molecule is CC/C=C\C/C=C\C/C=C\C/C=C\CCCCCCCCCCCCC(=O)OC(COCCCCCCCC/C=C\CCCC)COP(=O)(O)OC1C(O)C(O)C(O)C(O)C1O. The number of hydrogen-bond donors (Lipinski definition) is 6. The molecule has 62 heavy (non-hydrogen) atoms. The lowest BCUT2D eigenvalue weighted by atomic mass is 9.85. The number of phosphoric acid groups is 1. The van der Waals surface area contributed by atoms with Crippen LogP contribution in [0.3, 0.4) is 0 Å². The number of carbonyl (C=O) groups excluding carboxylic acids is 1. The highest BCUT2D eigenvalue weighted by molar-refractivity contribution is 7.47. The van der Waals surface area contributed by atoms with Gasteiger partial charge in [-0.15, -0.1) is 0 Å². The predicted octanol–water partition coefficient (Wildman–Crippen LogP) is 10.2. The van der Waals surface area contributed by atoms with E-state index in [2.05, 4.69) is 74.6 Å². The Labute approximate surface area is 375 Å². The summed E-state index contributed by atoms with van der Waals surface area (Å²) in [6, 6.07) is 0. The van der Waals surface area contributed by atoms with Crippen LogP contribution >= 0.6 is 7.82 Å². The summed E-state index contributed by atoms with van der Waals surface area (Å²) >= 11 is 0. The van der Waals surface area contributed by atoms with Gasteiger partial charge in [-0.25, -0.2) is 4.57 Å². The van der Waals surface area contributed by atoms with Crippen molar-refractivity contribution in [1.29, 1.82) is 0 Å². The molecule has 1 aliphatic rings. The van der Waals surface area contributed by atoms with E-state index in [1.54, 1.807) is 0 Å². The van der Waals surface area contributed by atoms with E-state index in [9.17, 15) is 39.8 Å². The molecule has 1 fully saturated rings. The number of unbranched alkanes of at least 4 members (excludes halogenated alkanes) is 18. The molecular formula is C49H87O12P. The van der Waals surface area contributed by atoms with Crippen molar-refractivity contribution in [3.8, 4) is 0 Å². The predicted molar refractivity (Wildman–Crippen MR) is 248 cm³/mol. The second-order valence-corrected chi connectivity index (χ2v) is 18.0. The second kappa shape index (κ2) is 39.4. The minimum atomic E-state index is -5.02. The molecule has 1 aliphatic carbocycles. The smallest absolute Gasteiger partial charge is 0.457 e. The molecular weight excluding hydrogens is 812 g/mol. The van der Waals surface area contributed by atoms with E-state index >= 15 is 0 Å². The third kappa shape index (κ3) is 31.0. The maximum atomic E-state index is 12.8. The first kappa shape index (κ1) is 58.1. The van der Waals surface area contributed by atoms with E-state index in [1.807, 2.05) is 0 Å². The van der Waals surface area contributed by atoms with Gasteiger partial charge in [0.25, 0.3) is 0 Å². The zero-order valence-electron chi connectivity index (χ0n) is 38.4. The number of allylic oxidation sites excluding steroid dienone is 10. The van der Waals surface area contributed by atoms with Gasteiger partial charge in [0.15, 0.2) is 0 Å². The summed E-state index contributed by atoms with van der Waals surface area (Å²) in [6.07, 6.45) is 37.2. The zero-order valence-corrected chi connectivity index (χ0v) is 39.3. The largest absolute Gasteiger partial charge is 0.472 e. The lowest BCUT2D eigenvalue weighted by Crippen LogP contribution is -2.64. The summed E-state index contributed by atoms with van der Waals surface area (Å²) in [5.74, 6) is -0.486. The Hall–Kier alpha value is -1.96. The van der Waals surface area contributed by atoms with E-state index in [0.717, 1.165) is 89.9 Å². The molecule has 360 valence electrons. The van der Waals surface area contributed by atoms with Crippen molar-refractivity contribution in [2.45, 2.75) is 224 Å². The van der Waals surface area contributed by atoms with Crippen LogP contribution in [0, 0.1) is 0 Å². The van der Waals surface area contributed by atoms with Crippen LogP contribution in [0.15, 0.2) is 60.8 Å². The number of rotatable bonds is 40. The van der Waals surface area contributed by atoms with E-state index in [0.29, 0.717) is 13.0 Å². The van der Waals surface area contributed by atoms with Crippen molar-refractivity contribution in [1.82, 2.24) is 0 Å². The molecule has 0 spiro atoms. The van der Waals surface area contributed by atoms with Gasteiger partial charge in [0.1, 0.15) is 42.7 Å². The summed E-state index contributed by atoms with van der Waals surface area (Å²) in [6.45, 7) is 4.09. The molecule has 0 saturated heterocycles. The Morgan fingerprint density at radius 2 is 0.952 bits per heavy atom. The maximum absolute atomic E-state index is 12.8. The van der Waals surface area contributed by atoms with E-state index in [1.165, 1.54) is 64.2 Å². The highest BCUT2D eigenvalue weighted by atomic mass is 31.2. The Bertz CT molecular complexity index is 1250. The Morgan fingerprint density at radius 1 is 0.532 bits per heavy atom. The minimum Gasteiger partial charge on any atom is -0.457 e. The molecule has 0 aromatic rings. The molecule has 6 unspecified atom stereocenters. The summed E-state index contributed by atoms with van der Waals surface area (Å²) in [5.41, 5.74) is 0. The van der Waals surface area contributed by atoms with Crippen molar-refractivity contribution < 1.29 is 58.3 Å². The molecule has 6 atom stereocenters. The molecule has 0 amide bonds. The molecule has 13 heteroatoms. The fourth-order valence-electron chi connectivity index (χ4n) is 7.03. The van der Waals surface area contributed by atoms with Crippen LogP contribution in [0.5, 0.6) is 0 Å². The summed E-state index contributed by atoms with van der Waals surface area (Å²) in [7, 11) is -5.02. The number of hydrogen-bond acceptors (Lipinski definition) is 11. The van der Waals surface area contributed by atoms with Gasteiger partial charge >= 0.3 is 13.8 Å². The number of esters is 1. The quantitative estimate of drug-likeness (QED) is 0.0148. The highest BCUT2D eigenvalue weighted by Crippen LogP contribution is 2.47. The first-order valence-electron chi connectivity index (χ1n) is 24.1. The summed E-state index contributed by atoms with van der Waals surface area (Å²) in [4.78, 5) is 23.2. The topological polar surface area (TPSA) is 192 Å². The van der Waals surface area contributed by atoms with Crippen molar-refractivity contribution in [2.24, 2.45) is 0 Å². The number of carbonyl (C=O) groups is 1. The van der Waals surface area contributed by atoms with Gasteiger partial charge < -0.3 is 39.9 Å². The molecule has 6 N–H and O–H groups in total. The average Bonchev–Trinajstić information content (AvgIpc) is 3.26. The number of aliphatic hydroxyl groups excluding tert-OH is 5. The molecule has 12 nitrogen and oxygen atoms in total. The van der Waals surface area contributed by atoms with Crippen LogP contribution in [0.2, 0.25) is 0 Å².